The third kappa shape index (κ3) is 7.02. The van der Waals surface area contributed by atoms with Crippen LogP contribution >= 0.6 is 19.6 Å². The maximum Gasteiger partial charge on any atom is 0.469 e. The molecule has 15 heavy (non-hydrogen) atoms. The van der Waals surface area contributed by atoms with Crippen molar-refractivity contribution in [2.75, 3.05) is 18.6 Å². The highest BCUT2D eigenvalue weighted by molar-refractivity contribution is 7.99. The summed E-state index contributed by atoms with van der Waals surface area (Å²) in [5.41, 5.74) is 0. The van der Waals surface area contributed by atoms with E-state index >= 15 is 0 Å². The molecule has 0 amide bonds. The maximum atomic E-state index is 11.0. The molecule has 0 aliphatic rings. The van der Waals surface area contributed by atoms with Gasteiger partial charge in [0.15, 0.2) is 5.78 Å². The zero-order valence-electron chi connectivity index (χ0n) is 7.94. The predicted molar refractivity (Wildman–Crippen MR) is 53.4 cm³/mol. The van der Waals surface area contributed by atoms with Gasteiger partial charge in [0.25, 0.3) is 0 Å². The molecular weight excluding hydrogens is 247 g/mol. The highest BCUT2D eigenvalue weighted by atomic mass is 32.2. The molecule has 0 aromatic heterocycles. The SMILES string of the molecule is CSCC(=O)[C@H](O)[C@H](O)COP(=O)(O)O. The van der Waals surface area contributed by atoms with E-state index in [0.717, 1.165) is 11.8 Å². The Morgan fingerprint density at radius 3 is 2.40 bits per heavy atom. The van der Waals surface area contributed by atoms with Crippen molar-refractivity contribution in [1.29, 1.82) is 0 Å². The summed E-state index contributed by atoms with van der Waals surface area (Å²) in [6, 6.07) is 0. The molecule has 0 spiro atoms. The van der Waals surface area contributed by atoms with E-state index in [9.17, 15) is 9.36 Å². The van der Waals surface area contributed by atoms with E-state index in [1.165, 1.54) is 0 Å². The minimum absolute atomic E-state index is 0.00807. The lowest BCUT2D eigenvalue weighted by Crippen LogP contribution is -2.37. The van der Waals surface area contributed by atoms with Gasteiger partial charge in [-0.15, -0.1) is 0 Å². The Balaban J connectivity index is 4.04. The van der Waals surface area contributed by atoms with Crippen LogP contribution in [0.2, 0.25) is 0 Å². The van der Waals surface area contributed by atoms with Gasteiger partial charge >= 0.3 is 7.82 Å². The fourth-order valence-electron chi connectivity index (χ4n) is 0.707. The van der Waals surface area contributed by atoms with E-state index in [1.807, 2.05) is 0 Å². The predicted octanol–water partition coefficient (Wildman–Crippen LogP) is -1.25. The summed E-state index contributed by atoms with van der Waals surface area (Å²) in [4.78, 5) is 27.6. The minimum Gasteiger partial charge on any atom is -0.388 e. The second-order valence-electron chi connectivity index (χ2n) is 2.70. The molecule has 4 N–H and O–H groups in total. The lowest BCUT2D eigenvalue weighted by Gasteiger charge is -2.16. The summed E-state index contributed by atoms with van der Waals surface area (Å²) in [6.07, 6.45) is -1.69. The monoisotopic (exact) mass is 260 g/mol. The molecule has 9 heteroatoms. The van der Waals surface area contributed by atoms with Gasteiger partial charge in [-0.3, -0.25) is 9.32 Å². The smallest absolute Gasteiger partial charge is 0.388 e. The van der Waals surface area contributed by atoms with Crippen molar-refractivity contribution in [3.63, 3.8) is 0 Å². The van der Waals surface area contributed by atoms with E-state index in [4.69, 9.17) is 20.0 Å². The third-order valence-corrected chi connectivity index (χ3v) is 2.45. The first kappa shape index (κ1) is 15.0. The minimum atomic E-state index is -4.69. The number of ketones is 1. The second-order valence-corrected chi connectivity index (χ2v) is 4.80. The molecule has 0 aliphatic heterocycles. The number of aliphatic hydroxyl groups is 2. The summed E-state index contributed by atoms with van der Waals surface area (Å²) in [7, 11) is -4.69. The van der Waals surface area contributed by atoms with E-state index in [2.05, 4.69) is 4.52 Å². The van der Waals surface area contributed by atoms with Gasteiger partial charge < -0.3 is 20.0 Å². The van der Waals surface area contributed by atoms with Gasteiger partial charge in [-0.2, -0.15) is 11.8 Å². The Labute approximate surface area is 90.7 Å². The Kier molecular flexibility index (Phi) is 6.62. The van der Waals surface area contributed by atoms with Crippen molar-refractivity contribution in [3.8, 4) is 0 Å². The maximum absolute atomic E-state index is 11.0. The van der Waals surface area contributed by atoms with Gasteiger partial charge in [-0.05, 0) is 6.26 Å². The van der Waals surface area contributed by atoms with Gasteiger partial charge in [0.05, 0.1) is 12.4 Å². The van der Waals surface area contributed by atoms with Crippen LogP contribution in [0.1, 0.15) is 0 Å². The largest absolute Gasteiger partial charge is 0.469 e. The lowest BCUT2D eigenvalue weighted by molar-refractivity contribution is -0.131. The number of phosphoric acid groups is 1. The second kappa shape index (κ2) is 6.59. The van der Waals surface area contributed by atoms with Gasteiger partial charge in [0, 0.05) is 0 Å². The van der Waals surface area contributed by atoms with E-state index in [1.54, 1.807) is 6.26 Å². The summed E-state index contributed by atoms with van der Waals surface area (Å²) in [5, 5.41) is 18.3. The topological polar surface area (TPSA) is 124 Å². The third-order valence-electron chi connectivity index (χ3n) is 1.39. The van der Waals surface area contributed by atoms with Crippen molar-refractivity contribution in [1.82, 2.24) is 0 Å². The zero-order chi connectivity index (χ0) is 12.1. The number of Topliss-reactive ketones (excluding diaryl/α,β-unsaturated/α-hetero) is 1. The Bertz CT molecular complexity index is 252. The Morgan fingerprint density at radius 2 is 2.00 bits per heavy atom. The van der Waals surface area contributed by atoms with Crippen LogP contribution in [0, 0.1) is 0 Å². The average Bonchev–Trinajstić information content (AvgIpc) is 2.12. The standard InChI is InChI=1S/C6H13O7PS/c1-15-3-5(8)6(9)4(7)2-13-14(10,11)12/h4,6-7,9H,2-3H2,1H3,(H2,10,11,12)/t4-,6-/m1/s1. The fourth-order valence-corrected chi connectivity index (χ4v) is 1.51. The lowest BCUT2D eigenvalue weighted by atomic mass is 10.1. The number of aliphatic hydroxyl groups excluding tert-OH is 2. The van der Waals surface area contributed by atoms with Gasteiger partial charge in [0.2, 0.25) is 0 Å². The van der Waals surface area contributed by atoms with Crippen LogP contribution < -0.4 is 0 Å². The number of hydrogen-bond acceptors (Lipinski definition) is 6. The van der Waals surface area contributed by atoms with Gasteiger partial charge in [0.1, 0.15) is 12.2 Å². The Morgan fingerprint density at radius 1 is 1.47 bits per heavy atom. The molecule has 0 radical (unpaired) electrons. The van der Waals surface area contributed by atoms with E-state index in [0.29, 0.717) is 0 Å². The van der Waals surface area contributed by atoms with Crippen molar-refractivity contribution >= 4 is 25.4 Å². The highest BCUT2D eigenvalue weighted by Crippen LogP contribution is 2.35. The number of thioether (sulfide) groups is 1. The van der Waals surface area contributed by atoms with E-state index in [-0.39, 0.29) is 5.75 Å². The van der Waals surface area contributed by atoms with Crippen LogP contribution in [0.25, 0.3) is 0 Å². The molecular formula is C6H13O7PS. The van der Waals surface area contributed by atoms with Crippen molar-refractivity contribution < 1.29 is 33.9 Å². The van der Waals surface area contributed by atoms with Crippen molar-refractivity contribution in [2.45, 2.75) is 12.2 Å². The van der Waals surface area contributed by atoms with Crippen LogP contribution in [0.4, 0.5) is 0 Å². The quantitative estimate of drug-likeness (QED) is 0.418. The highest BCUT2D eigenvalue weighted by Gasteiger charge is 2.26. The molecule has 0 saturated heterocycles. The molecule has 0 rings (SSSR count). The van der Waals surface area contributed by atoms with Crippen LogP contribution in [0.3, 0.4) is 0 Å². The first-order valence-corrected chi connectivity index (χ1v) is 6.78. The summed E-state index contributed by atoms with van der Waals surface area (Å²) in [5.74, 6) is -0.613. The molecule has 0 fully saturated rings. The Hall–Kier alpha value is 0.0500. The molecule has 90 valence electrons. The normalized spacial score (nSPS) is 16.1. The molecule has 0 aliphatic carbocycles. The fraction of sp³-hybridized carbons (Fsp3) is 0.833. The number of carbonyl (C=O) groups excluding carboxylic acids is 1. The zero-order valence-corrected chi connectivity index (χ0v) is 9.65. The summed E-state index contributed by atoms with van der Waals surface area (Å²) < 4.78 is 14.2. The van der Waals surface area contributed by atoms with Gasteiger partial charge in [-0.25, -0.2) is 4.57 Å². The molecule has 0 saturated carbocycles. The molecule has 0 heterocycles. The average molecular weight is 260 g/mol. The van der Waals surface area contributed by atoms with Gasteiger partial charge in [-0.1, -0.05) is 0 Å². The molecule has 0 unspecified atom stereocenters. The van der Waals surface area contributed by atoms with Crippen molar-refractivity contribution in [2.24, 2.45) is 0 Å². The van der Waals surface area contributed by atoms with Crippen LogP contribution in [0.5, 0.6) is 0 Å². The summed E-state index contributed by atoms with van der Waals surface area (Å²) in [6.45, 7) is -0.800. The number of rotatable bonds is 7. The molecule has 0 bridgehead atoms. The first-order valence-electron chi connectivity index (χ1n) is 3.86. The van der Waals surface area contributed by atoms with E-state index < -0.39 is 32.4 Å². The molecule has 7 nitrogen and oxygen atoms in total. The molecule has 0 aromatic rings. The number of hydrogen-bond donors (Lipinski definition) is 4. The van der Waals surface area contributed by atoms with Crippen LogP contribution in [-0.2, 0) is 13.9 Å². The number of carbonyl (C=O) groups is 1. The van der Waals surface area contributed by atoms with Crippen LogP contribution in [-0.4, -0.2) is 56.6 Å². The summed E-state index contributed by atoms with van der Waals surface area (Å²) >= 11 is 1.16. The number of phosphoric ester groups is 1. The van der Waals surface area contributed by atoms with Crippen LogP contribution in [0.15, 0.2) is 0 Å². The molecule has 0 aromatic carbocycles. The molecule has 2 atom stereocenters. The first-order chi connectivity index (χ1) is 6.78. The van der Waals surface area contributed by atoms with Crippen molar-refractivity contribution in [3.05, 3.63) is 0 Å².